The minimum absolute atomic E-state index is 0.0195. The van der Waals surface area contributed by atoms with Gasteiger partial charge in [-0.2, -0.15) is 0 Å². The number of aryl methyl sites for hydroxylation is 1. The highest BCUT2D eigenvalue weighted by Gasteiger charge is 2.58. The van der Waals surface area contributed by atoms with E-state index in [-0.39, 0.29) is 29.7 Å². The van der Waals surface area contributed by atoms with Crippen LogP contribution in [-0.2, 0) is 9.59 Å². The number of carbonyl (C=O) groups is 2. The van der Waals surface area contributed by atoms with Crippen LogP contribution in [-0.4, -0.2) is 24.2 Å². The van der Waals surface area contributed by atoms with Crippen LogP contribution in [0.3, 0.4) is 0 Å². The highest BCUT2D eigenvalue weighted by Crippen LogP contribution is 2.53. The zero-order chi connectivity index (χ0) is 16.4. The van der Waals surface area contributed by atoms with Crippen molar-refractivity contribution >= 4 is 23.8 Å². The molecule has 0 saturated carbocycles. The third-order valence-electron chi connectivity index (χ3n) is 6.41. The molecule has 5 rings (SSSR count). The quantitative estimate of drug-likeness (QED) is 0.744. The van der Waals surface area contributed by atoms with Crippen LogP contribution in [0.4, 0.5) is 5.69 Å². The molecule has 0 bridgehead atoms. The molecule has 122 valence electrons. The summed E-state index contributed by atoms with van der Waals surface area (Å²) in [4.78, 5) is 27.5. The SMILES string of the molecule is Cc1cccc2c1N1[C@H](C=C2)[C@H](C=O)[C@H]2C3=C(CCCC3)C(=O)[C@H]21. The summed E-state index contributed by atoms with van der Waals surface area (Å²) in [5.74, 6) is 0.271. The lowest BCUT2D eigenvalue weighted by atomic mass is 9.81. The second-order valence-corrected chi connectivity index (χ2v) is 7.53. The maximum absolute atomic E-state index is 13.2. The maximum Gasteiger partial charge on any atom is 0.181 e. The lowest BCUT2D eigenvalue weighted by Gasteiger charge is -2.35. The summed E-state index contributed by atoms with van der Waals surface area (Å²) >= 11 is 0. The molecule has 2 aliphatic heterocycles. The van der Waals surface area contributed by atoms with Gasteiger partial charge in [0.2, 0.25) is 0 Å². The Bertz CT molecular complexity index is 819. The summed E-state index contributed by atoms with van der Waals surface area (Å²) in [7, 11) is 0. The number of carbonyl (C=O) groups excluding carboxylic acids is 2. The van der Waals surface area contributed by atoms with Gasteiger partial charge in [0.15, 0.2) is 5.78 Å². The van der Waals surface area contributed by atoms with E-state index in [9.17, 15) is 9.59 Å². The Morgan fingerprint density at radius 2 is 2.04 bits per heavy atom. The van der Waals surface area contributed by atoms with Crippen LogP contribution < -0.4 is 4.90 Å². The molecule has 4 aliphatic rings. The molecule has 1 aromatic carbocycles. The van der Waals surface area contributed by atoms with Crippen LogP contribution in [0.25, 0.3) is 6.08 Å². The summed E-state index contributed by atoms with van der Waals surface area (Å²) in [5.41, 5.74) is 5.84. The van der Waals surface area contributed by atoms with E-state index in [1.807, 2.05) is 0 Å². The largest absolute Gasteiger partial charge is 0.353 e. The Labute approximate surface area is 142 Å². The lowest BCUT2D eigenvalue weighted by Crippen LogP contribution is -2.43. The number of benzene rings is 1. The first-order valence-corrected chi connectivity index (χ1v) is 9.00. The standard InChI is InChI=1S/C21H21NO2/c1-12-5-4-6-13-9-10-17-16(11-23)18-14-7-2-3-8-15(14)21(24)20(18)22(17)19(12)13/h4-6,9-11,16-18,20H,2-3,7-8H2,1H3/t16-,17+,18+,20-/m0/s1. The number of hydrogen-bond acceptors (Lipinski definition) is 3. The molecular weight excluding hydrogens is 298 g/mol. The lowest BCUT2D eigenvalue weighted by molar-refractivity contribution is -0.116. The molecular formula is C21H21NO2. The van der Waals surface area contributed by atoms with E-state index < -0.39 is 0 Å². The predicted octanol–water partition coefficient (Wildman–Crippen LogP) is 3.46. The van der Waals surface area contributed by atoms with Gasteiger partial charge in [-0.15, -0.1) is 0 Å². The molecule has 24 heavy (non-hydrogen) atoms. The van der Waals surface area contributed by atoms with Crippen molar-refractivity contribution in [3.63, 3.8) is 0 Å². The predicted molar refractivity (Wildman–Crippen MR) is 93.8 cm³/mol. The van der Waals surface area contributed by atoms with Crippen LogP contribution in [0.2, 0.25) is 0 Å². The van der Waals surface area contributed by atoms with E-state index in [0.717, 1.165) is 48.8 Å². The summed E-state index contributed by atoms with van der Waals surface area (Å²) < 4.78 is 0. The zero-order valence-corrected chi connectivity index (χ0v) is 13.9. The molecule has 3 nitrogen and oxygen atoms in total. The van der Waals surface area contributed by atoms with Gasteiger partial charge in [0, 0.05) is 17.5 Å². The molecule has 0 spiro atoms. The third-order valence-corrected chi connectivity index (χ3v) is 6.41. The molecule has 0 radical (unpaired) electrons. The van der Waals surface area contributed by atoms with E-state index in [2.05, 4.69) is 42.2 Å². The van der Waals surface area contributed by atoms with E-state index >= 15 is 0 Å². The van der Waals surface area contributed by atoms with Crippen molar-refractivity contribution < 1.29 is 9.59 Å². The van der Waals surface area contributed by atoms with Crippen molar-refractivity contribution in [1.29, 1.82) is 0 Å². The second kappa shape index (κ2) is 4.92. The van der Waals surface area contributed by atoms with Crippen molar-refractivity contribution in [2.75, 3.05) is 4.90 Å². The first-order chi connectivity index (χ1) is 11.7. The van der Waals surface area contributed by atoms with Crippen molar-refractivity contribution in [2.24, 2.45) is 11.8 Å². The Kier molecular flexibility index (Phi) is 2.91. The van der Waals surface area contributed by atoms with E-state index in [4.69, 9.17) is 0 Å². The van der Waals surface area contributed by atoms with E-state index in [1.165, 1.54) is 11.1 Å². The van der Waals surface area contributed by atoms with Crippen LogP contribution in [0.5, 0.6) is 0 Å². The highest BCUT2D eigenvalue weighted by molar-refractivity contribution is 6.07. The molecule has 1 fully saturated rings. The Morgan fingerprint density at radius 3 is 2.88 bits per heavy atom. The van der Waals surface area contributed by atoms with Gasteiger partial charge in [-0.3, -0.25) is 4.79 Å². The van der Waals surface area contributed by atoms with Gasteiger partial charge >= 0.3 is 0 Å². The summed E-state index contributed by atoms with van der Waals surface area (Å²) in [5, 5.41) is 0. The van der Waals surface area contributed by atoms with Crippen molar-refractivity contribution in [1.82, 2.24) is 0 Å². The van der Waals surface area contributed by atoms with Gasteiger partial charge in [-0.1, -0.05) is 35.9 Å². The highest BCUT2D eigenvalue weighted by atomic mass is 16.1. The zero-order valence-electron chi connectivity index (χ0n) is 13.9. The van der Waals surface area contributed by atoms with Crippen molar-refractivity contribution in [3.05, 3.63) is 46.5 Å². The number of hydrogen-bond donors (Lipinski definition) is 0. The van der Waals surface area contributed by atoms with Gasteiger partial charge in [-0.05, 0) is 49.3 Å². The average molecular weight is 319 g/mol. The Balaban J connectivity index is 1.71. The molecule has 1 aromatic rings. The number of nitrogens with zero attached hydrogens (tertiary/aromatic N) is 1. The Hall–Kier alpha value is -2.16. The van der Waals surface area contributed by atoms with Crippen molar-refractivity contribution in [3.8, 4) is 0 Å². The number of ketones is 1. The molecule has 0 aromatic heterocycles. The fourth-order valence-corrected chi connectivity index (χ4v) is 5.48. The van der Waals surface area contributed by atoms with E-state index in [0.29, 0.717) is 0 Å². The third kappa shape index (κ3) is 1.62. The minimum Gasteiger partial charge on any atom is -0.353 e. The normalized spacial score (nSPS) is 33.2. The number of fused-ring (bicyclic) bond motifs is 6. The Morgan fingerprint density at radius 1 is 1.21 bits per heavy atom. The number of rotatable bonds is 1. The second-order valence-electron chi connectivity index (χ2n) is 7.53. The summed E-state index contributed by atoms with van der Waals surface area (Å²) in [6, 6.07) is 6.11. The van der Waals surface area contributed by atoms with Crippen LogP contribution in [0.1, 0.15) is 36.8 Å². The molecule has 3 heteroatoms. The fraction of sp³-hybridized carbons (Fsp3) is 0.429. The van der Waals surface area contributed by atoms with Crippen LogP contribution in [0, 0.1) is 18.8 Å². The monoisotopic (exact) mass is 319 g/mol. The topological polar surface area (TPSA) is 37.4 Å². The van der Waals surface area contributed by atoms with Gasteiger partial charge in [-0.25, -0.2) is 0 Å². The van der Waals surface area contributed by atoms with Gasteiger partial charge in [0.1, 0.15) is 6.29 Å². The van der Waals surface area contributed by atoms with Crippen LogP contribution >= 0.6 is 0 Å². The molecule has 0 N–H and O–H groups in total. The molecule has 4 atom stereocenters. The van der Waals surface area contributed by atoms with Gasteiger partial charge in [0.05, 0.1) is 12.1 Å². The molecule has 2 aliphatic carbocycles. The van der Waals surface area contributed by atoms with Gasteiger partial charge in [0.25, 0.3) is 0 Å². The molecule has 0 amide bonds. The summed E-state index contributed by atoms with van der Waals surface area (Å²) in [6.07, 6.45) is 9.52. The number of anilines is 1. The number of Topliss-reactive ketones (excluding diaryl/α,β-unsaturated/α-hetero) is 1. The molecule has 2 heterocycles. The molecule has 1 saturated heterocycles. The minimum atomic E-state index is -0.168. The van der Waals surface area contributed by atoms with Crippen LogP contribution in [0.15, 0.2) is 35.4 Å². The summed E-state index contributed by atoms with van der Waals surface area (Å²) in [6.45, 7) is 2.10. The fourth-order valence-electron chi connectivity index (χ4n) is 5.48. The van der Waals surface area contributed by atoms with Crippen molar-refractivity contribution in [2.45, 2.75) is 44.7 Å². The van der Waals surface area contributed by atoms with Gasteiger partial charge < -0.3 is 9.69 Å². The first-order valence-electron chi connectivity index (χ1n) is 9.00. The number of para-hydroxylation sites is 1. The first kappa shape index (κ1) is 14.2. The average Bonchev–Trinajstić information content (AvgIpc) is 3.09. The van der Waals surface area contributed by atoms with E-state index in [1.54, 1.807) is 0 Å². The smallest absolute Gasteiger partial charge is 0.181 e. The number of aldehydes is 1. The maximum atomic E-state index is 13.2. The molecule has 0 unspecified atom stereocenters.